The van der Waals surface area contributed by atoms with Crippen molar-refractivity contribution in [3.8, 4) is 0 Å². The Balaban J connectivity index is 2.96. The third kappa shape index (κ3) is 3.18. The van der Waals surface area contributed by atoms with Crippen molar-refractivity contribution < 1.29 is 8.42 Å². The lowest BCUT2D eigenvalue weighted by Gasteiger charge is -2.23. The monoisotopic (exact) mass is 292 g/mol. The van der Waals surface area contributed by atoms with Crippen molar-refractivity contribution in [3.05, 3.63) is 6.20 Å². The Morgan fingerprint density at radius 2 is 2.22 bits per heavy atom. The number of hydrogen-bond donors (Lipinski definition) is 1. The van der Waals surface area contributed by atoms with Crippen molar-refractivity contribution in [3.63, 3.8) is 0 Å². The lowest BCUT2D eigenvalue weighted by Crippen LogP contribution is -2.35. The number of nitrogens with two attached hydrogens (primary N) is 1. The normalized spacial score (nSPS) is 14.1. The molecule has 1 atom stereocenters. The van der Waals surface area contributed by atoms with Crippen LogP contribution in [0.1, 0.15) is 13.3 Å². The fourth-order valence-corrected chi connectivity index (χ4v) is 3.60. The van der Waals surface area contributed by atoms with E-state index in [1.54, 1.807) is 25.9 Å². The van der Waals surface area contributed by atoms with E-state index in [0.29, 0.717) is 0 Å². The standard InChI is InChI=1S/C10H20N4O2S2/c1-8(5-6-17-4)14(3)18(15,16)9-7-13(2)12-10(9)11/h7-8H,5-6H2,1-4H3,(H2,11,12). The summed E-state index contributed by atoms with van der Waals surface area (Å²) in [5, 5.41) is 3.87. The maximum absolute atomic E-state index is 12.4. The van der Waals surface area contributed by atoms with E-state index in [0.717, 1.165) is 12.2 Å². The van der Waals surface area contributed by atoms with Crippen LogP contribution >= 0.6 is 11.8 Å². The smallest absolute Gasteiger partial charge is 0.248 e. The van der Waals surface area contributed by atoms with Crippen LogP contribution in [0.4, 0.5) is 5.82 Å². The summed E-state index contributed by atoms with van der Waals surface area (Å²) in [6.07, 6.45) is 4.24. The predicted octanol–water partition coefficient (Wildman–Crippen LogP) is 0.764. The van der Waals surface area contributed by atoms with Gasteiger partial charge in [-0.2, -0.15) is 21.2 Å². The Morgan fingerprint density at radius 1 is 1.61 bits per heavy atom. The number of nitrogens with zero attached hydrogens (tertiary/aromatic N) is 3. The van der Waals surface area contributed by atoms with Crippen molar-refractivity contribution in [2.45, 2.75) is 24.3 Å². The molecule has 6 nitrogen and oxygen atoms in total. The van der Waals surface area contributed by atoms with E-state index in [1.807, 2.05) is 13.2 Å². The first-order valence-corrected chi connectivity index (χ1v) is 8.40. The van der Waals surface area contributed by atoms with Gasteiger partial charge in [-0.05, 0) is 25.4 Å². The average molecular weight is 292 g/mol. The first kappa shape index (κ1) is 15.3. The highest BCUT2D eigenvalue weighted by atomic mass is 32.2. The zero-order valence-corrected chi connectivity index (χ0v) is 12.8. The predicted molar refractivity (Wildman–Crippen MR) is 75.0 cm³/mol. The number of sulfonamides is 1. The van der Waals surface area contributed by atoms with Gasteiger partial charge in [-0.25, -0.2) is 8.42 Å². The van der Waals surface area contributed by atoms with E-state index in [-0.39, 0.29) is 16.8 Å². The molecule has 2 N–H and O–H groups in total. The summed E-state index contributed by atoms with van der Waals surface area (Å²) in [5.41, 5.74) is 5.62. The number of anilines is 1. The molecule has 1 unspecified atom stereocenters. The van der Waals surface area contributed by atoms with Crippen molar-refractivity contribution in [2.75, 3.05) is 24.8 Å². The molecule has 0 amide bonds. The summed E-state index contributed by atoms with van der Waals surface area (Å²) in [5.74, 6) is 0.963. The van der Waals surface area contributed by atoms with Crippen LogP contribution in [-0.2, 0) is 17.1 Å². The van der Waals surface area contributed by atoms with E-state index in [1.165, 1.54) is 15.2 Å². The Hall–Kier alpha value is -0.730. The fourth-order valence-electron chi connectivity index (χ4n) is 1.54. The average Bonchev–Trinajstić information content (AvgIpc) is 2.64. The molecule has 0 radical (unpaired) electrons. The first-order chi connectivity index (χ1) is 8.30. The number of aromatic nitrogens is 2. The molecule has 1 aromatic rings. The lowest BCUT2D eigenvalue weighted by atomic mass is 10.3. The molecule has 0 aliphatic carbocycles. The molecule has 0 saturated heterocycles. The summed E-state index contributed by atoms with van der Waals surface area (Å²) >= 11 is 1.70. The van der Waals surface area contributed by atoms with Gasteiger partial charge in [0.05, 0.1) is 0 Å². The van der Waals surface area contributed by atoms with Gasteiger partial charge in [0, 0.05) is 26.3 Å². The molecule has 0 fully saturated rings. The molecule has 0 aliphatic rings. The number of nitrogen functional groups attached to an aromatic ring is 1. The SMILES string of the molecule is CSCCC(C)N(C)S(=O)(=O)c1cn(C)nc1N. The van der Waals surface area contributed by atoms with Crippen molar-refractivity contribution in [1.29, 1.82) is 0 Å². The molecule has 0 bridgehead atoms. The van der Waals surface area contributed by atoms with E-state index >= 15 is 0 Å². The van der Waals surface area contributed by atoms with Crippen LogP contribution in [-0.4, -0.2) is 47.6 Å². The van der Waals surface area contributed by atoms with Crippen molar-refractivity contribution in [1.82, 2.24) is 14.1 Å². The third-order valence-electron chi connectivity index (χ3n) is 2.84. The largest absolute Gasteiger partial charge is 0.381 e. The Kier molecular flexibility index (Phi) is 5.06. The second-order valence-electron chi connectivity index (χ2n) is 4.20. The maximum atomic E-state index is 12.4. The van der Waals surface area contributed by atoms with Gasteiger partial charge in [-0.15, -0.1) is 0 Å². The molecule has 104 valence electrons. The van der Waals surface area contributed by atoms with E-state index < -0.39 is 10.0 Å². The lowest BCUT2D eigenvalue weighted by molar-refractivity contribution is 0.382. The highest BCUT2D eigenvalue weighted by molar-refractivity contribution is 7.98. The van der Waals surface area contributed by atoms with E-state index in [4.69, 9.17) is 5.73 Å². The van der Waals surface area contributed by atoms with Crippen molar-refractivity contribution >= 4 is 27.6 Å². The number of hydrogen-bond acceptors (Lipinski definition) is 5. The van der Waals surface area contributed by atoms with Gasteiger partial charge in [-0.3, -0.25) is 4.68 Å². The molecule has 0 aromatic carbocycles. The van der Waals surface area contributed by atoms with Gasteiger partial charge in [-0.1, -0.05) is 0 Å². The van der Waals surface area contributed by atoms with Crippen LogP contribution < -0.4 is 5.73 Å². The van der Waals surface area contributed by atoms with Gasteiger partial charge < -0.3 is 5.73 Å². The molecule has 0 spiro atoms. The van der Waals surface area contributed by atoms with Gasteiger partial charge in [0.2, 0.25) is 10.0 Å². The molecule has 18 heavy (non-hydrogen) atoms. The number of thioether (sulfide) groups is 1. The third-order valence-corrected chi connectivity index (χ3v) is 5.47. The van der Waals surface area contributed by atoms with Gasteiger partial charge in [0.25, 0.3) is 0 Å². The highest BCUT2D eigenvalue weighted by Gasteiger charge is 2.28. The van der Waals surface area contributed by atoms with Gasteiger partial charge in [0.1, 0.15) is 4.90 Å². The molecule has 0 saturated carbocycles. The van der Waals surface area contributed by atoms with Crippen molar-refractivity contribution in [2.24, 2.45) is 7.05 Å². The van der Waals surface area contributed by atoms with Crippen LogP contribution in [0.25, 0.3) is 0 Å². The zero-order valence-electron chi connectivity index (χ0n) is 11.1. The van der Waals surface area contributed by atoms with Crippen LogP contribution in [0.5, 0.6) is 0 Å². The minimum Gasteiger partial charge on any atom is -0.381 e. The zero-order chi connectivity index (χ0) is 13.9. The van der Waals surface area contributed by atoms with Gasteiger partial charge in [0.15, 0.2) is 5.82 Å². The molecular weight excluding hydrogens is 272 g/mol. The van der Waals surface area contributed by atoms with Crippen LogP contribution in [0.3, 0.4) is 0 Å². The summed E-state index contributed by atoms with van der Waals surface area (Å²) in [4.78, 5) is 0.0727. The minimum atomic E-state index is -3.56. The quantitative estimate of drug-likeness (QED) is 0.837. The van der Waals surface area contributed by atoms with E-state index in [2.05, 4.69) is 5.10 Å². The van der Waals surface area contributed by atoms with Crippen LogP contribution in [0.2, 0.25) is 0 Å². The van der Waals surface area contributed by atoms with Crippen LogP contribution in [0, 0.1) is 0 Å². The number of aryl methyl sites for hydroxylation is 1. The maximum Gasteiger partial charge on any atom is 0.248 e. The summed E-state index contributed by atoms with van der Waals surface area (Å²) in [6.45, 7) is 1.89. The second-order valence-corrected chi connectivity index (χ2v) is 7.16. The summed E-state index contributed by atoms with van der Waals surface area (Å²) in [7, 11) is -0.341. The molecule has 1 heterocycles. The first-order valence-electron chi connectivity index (χ1n) is 5.56. The second kappa shape index (κ2) is 5.94. The Bertz CT molecular complexity index is 498. The Morgan fingerprint density at radius 3 is 2.67 bits per heavy atom. The molecule has 1 rings (SSSR count). The molecule has 0 aliphatic heterocycles. The number of rotatable bonds is 6. The van der Waals surface area contributed by atoms with Gasteiger partial charge >= 0.3 is 0 Å². The summed E-state index contributed by atoms with van der Waals surface area (Å²) < 4.78 is 27.5. The topological polar surface area (TPSA) is 81.2 Å². The van der Waals surface area contributed by atoms with Crippen LogP contribution in [0.15, 0.2) is 11.1 Å². The summed E-state index contributed by atoms with van der Waals surface area (Å²) in [6, 6.07) is -0.0675. The van der Waals surface area contributed by atoms with E-state index in [9.17, 15) is 8.42 Å². The molecular formula is C10H20N4O2S2. The highest BCUT2D eigenvalue weighted by Crippen LogP contribution is 2.22. The molecule has 1 aromatic heterocycles. The Labute approximate surface area is 113 Å². The fraction of sp³-hybridized carbons (Fsp3) is 0.700. The minimum absolute atomic E-state index is 0.0430. The molecule has 8 heteroatoms.